The molecule has 1 saturated heterocycles. The average molecular weight is 304 g/mol. The van der Waals surface area contributed by atoms with E-state index in [1.807, 2.05) is 7.05 Å². The maximum atomic E-state index is 13.1. The third kappa shape index (κ3) is 2.85. The molecule has 0 radical (unpaired) electrons. The summed E-state index contributed by atoms with van der Waals surface area (Å²) >= 11 is 0. The Bertz CT molecular complexity index is 583. The van der Waals surface area contributed by atoms with Crippen LogP contribution in [0.15, 0.2) is 24.3 Å². The van der Waals surface area contributed by atoms with Crippen LogP contribution >= 0.6 is 0 Å². The molecule has 0 aromatic heterocycles. The minimum absolute atomic E-state index is 0.0129. The molecule has 5 heteroatoms. The molecule has 0 bridgehead atoms. The van der Waals surface area contributed by atoms with Crippen molar-refractivity contribution < 1.29 is 14.0 Å². The summed E-state index contributed by atoms with van der Waals surface area (Å²) in [4.78, 5) is 28.2. The smallest absolute Gasteiger partial charge is 0.228 e. The quantitative estimate of drug-likeness (QED) is 0.856. The first-order chi connectivity index (χ1) is 10.5. The summed E-state index contributed by atoms with van der Waals surface area (Å²) in [5, 5.41) is 0. The molecule has 1 aliphatic heterocycles. The number of benzene rings is 1. The minimum Gasteiger partial charge on any atom is -0.345 e. The average Bonchev–Trinajstić information content (AvgIpc) is 3.26. The summed E-state index contributed by atoms with van der Waals surface area (Å²) in [7, 11) is 3.52. The van der Waals surface area contributed by atoms with E-state index < -0.39 is 0 Å². The van der Waals surface area contributed by atoms with Crippen molar-refractivity contribution in [3.8, 4) is 0 Å². The van der Waals surface area contributed by atoms with Gasteiger partial charge in [-0.1, -0.05) is 12.1 Å². The van der Waals surface area contributed by atoms with Crippen molar-refractivity contribution in [3.63, 3.8) is 0 Å². The van der Waals surface area contributed by atoms with Crippen LogP contribution in [-0.2, 0) is 9.59 Å². The van der Waals surface area contributed by atoms with Gasteiger partial charge in [-0.05, 0) is 36.5 Å². The fourth-order valence-electron chi connectivity index (χ4n) is 3.27. The van der Waals surface area contributed by atoms with Gasteiger partial charge >= 0.3 is 0 Å². The number of likely N-dealkylation sites (tertiary alicyclic amines) is 1. The number of amides is 2. The molecule has 1 aromatic rings. The van der Waals surface area contributed by atoms with Crippen molar-refractivity contribution >= 4 is 11.8 Å². The van der Waals surface area contributed by atoms with Crippen LogP contribution in [0, 0.1) is 17.7 Å². The monoisotopic (exact) mass is 304 g/mol. The van der Waals surface area contributed by atoms with Gasteiger partial charge in [0.15, 0.2) is 0 Å². The molecule has 0 N–H and O–H groups in total. The van der Waals surface area contributed by atoms with E-state index in [0.29, 0.717) is 5.92 Å². The van der Waals surface area contributed by atoms with Crippen LogP contribution in [0.1, 0.15) is 30.9 Å². The van der Waals surface area contributed by atoms with Crippen molar-refractivity contribution in [2.24, 2.45) is 11.8 Å². The number of hydrogen-bond acceptors (Lipinski definition) is 2. The number of carbonyl (C=O) groups is 2. The Morgan fingerprint density at radius 1 is 1.32 bits per heavy atom. The van der Waals surface area contributed by atoms with Crippen LogP contribution in [0.2, 0.25) is 0 Å². The standard InChI is InChI=1S/C17H21FN2O2/c1-19(10-11-3-4-11)17(22)14-9-15(21)20(2)16(14)12-5-7-13(18)8-6-12/h5-8,11,14,16H,3-4,9-10H2,1-2H3/t14-,16+/m1/s1. The number of halogens is 1. The fourth-order valence-corrected chi connectivity index (χ4v) is 3.27. The van der Waals surface area contributed by atoms with E-state index in [1.54, 1.807) is 29.0 Å². The van der Waals surface area contributed by atoms with Crippen LogP contribution in [-0.4, -0.2) is 42.3 Å². The molecule has 4 nitrogen and oxygen atoms in total. The highest BCUT2D eigenvalue weighted by atomic mass is 19.1. The second-order valence-electron chi connectivity index (χ2n) is 6.47. The Kier molecular flexibility index (Phi) is 3.89. The lowest BCUT2D eigenvalue weighted by Crippen LogP contribution is -2.37. The Labute approximate surface area is 129 Å². The first-order valence-corrected chi connectivity index (χ1v) is 7.73. The first-order valence-electron chi connectivity index (χ1n) is 7.73. The predicted octanol–water partition coefficient (Wildman–Crippen LogP) is 2.21. The van der Waals surface area contributed by atoms with Crippen molar-refractivity contribution in [1.82, 2.24) is 9.80 Å². The lowest BCUT2D eigenvalue weighted by Gasteiger charge is -2.28. The van der Waals surface area contributed by atoms with Gasteiger partial charge in [-0.3, -0.25) is 9.59 Å². The molecule has 0 spiro atoms. The molecule has 1 aliphatic carbocycles. The van der Waals surface area contributed by atoms with E-state index >= 15 is 0 Å². The van der Waals surface area contributed by atoms with Crippen LogP contribution in [0.4, 0.5) is 4.39 Å². The van der Waals surface area contributed by atoms with Crippen molar-refractivity contribution in [1.29, 1.82) is 0 Å². The zero-order valence-corrected chi connectivity index (χ0v) is 13.0. The topological polar surface area (TPSA) is 40.6 Å². The molecule has 2 atom stereocenters. The normalized spacial score (nSPS) is 24.7. The van der Waals surface area contributed by atoms with Gasteiger partial charge in [-0.25, -0.2) is 4.39 Å². The second-order valence-corrected chi connectivity index (χ2v) is 6.47. The lowest BCUT2D eigenvalue weighted by atomic mass is 9.92. The largest absolute Gasteiger partial charge is 0.345 e. The van der Waals surface area contributed by atoms with Gasteiger partial charge in [0.25, 0.3) is 0 Å². The number of rotatable bonds is 4. The van der Waals surface area contributed by atoms with Gasteiger partial charge in [0.1, 0.15) is 5.82 Å². The molecule has 2 aliphatic rings. The fraction of sp³-hybridized carbons (Fsp3) is 0.529. The third-order valence-corrected chi connectivity index (χ3v) is 4.72. The highest BCUT2D eigenvalue weighted by Crippen LogP contribution is 2.38. The van der Waals surface area contributed by atoms with E-state index in [-0.39, 0.29) is 36.0 Å². The van der Waals surface area contributed by atoms with Gasteiger partial charge in [-0.15, -0.1) is 0 Å². The zero-order valence-electron chi connectivity index (χ0n) is 13.0. The molecule has 1 saturated carbocycles. The molecule has 1 heterocycles. The molecule has 2 fully saturated rings. The molecule has 1 aromatic carbocycles. The van der Waals surface area contributed by atoms with Gasteiger partial charge in [-0.2, -0.15) is 0 Å². The van der Waals surface area contributed by atoms with E-state index in [1.165, 1.54) is 25.0 Å². The van der Waals surface area contributed by atoms with Crippen molar-refractivity contribution in [2.45, 2.75) is 25.3 Å². The van der Waals surface area contributed by atoms with Crippen LogP contribution in [0.5, 0.6) is 0 Å². The molecule has 22 heavy (non-hydrogen) atoms. The summed E-state index contributed by atoms with van der Waals surface area (Å²) in [6.45, 7) is 0.767. The summed E-state index contributed by atoms with van der Waals surface area (Å²) in [5.74, 6) is -0.101. The summed E-state index contributed by atoms with van der Waals surface area (Å²) < 4.78 is 13.1. The molecule has 118 valence electrons. The van der Waals surface area contributed by atoms with E-state index in [9.17, 15) is 14.0 Å². The van der Waals surface area contributed by atoms with E-state index in [4.69, 9.17) is 0 Å². The van der Waals surface area contributed by atoms with E-state index in [0.717, 1.165) is 12.1 Å². The summed E-state index contributed by atoms with van der Waals surface area (Å²) in [5.41, 5.74) is 0.813. The Hall–Kier alpha value is -1.91. The number of nitrogens with zero attached hydrogens (tertiary/aromatic N) is 2. The number of carbonyl (C=O) groups excluding carboxylic acids is 2. The Morgan fingerprint density at radius 2 is 1.95 bits per heavy atom. The Morgan fingerprint density at radius 3 is 2.55 bits per heavy atom. The highest BCUT2D eigenvalue weighted by Gasteiger charge is 2.44. The molecule has 2 amide bonds. The maximum Gasteiger partial charge on any atom is 0.228 e. The summed E-state index contributed by atoms with van der Waals surface area (Å²) in [6, 6.07) is 5.78. The first kappa shape index (κ1) is 15.0. The number of hydrogen-bond donors (Lipinski definition) is 0. The Balaban J connectivity index is 1.82. The van der Waals surface area contributed by atoms with Gasteiger partial charge in [0.05, 0.1) is 12.0 Å². The van der Waals surface area contributed by atoms with Gasteiger partial charge in [0, 0.05) is 27.1 Å². The minimum atomic E-state index is -0.383. The molecule has 3 rings (SSSR count). The van der Waals surface area contributed by atoms with E-state index in [2.05, 4.69) is 0 Å². The van der Waals surface area contributed by atoms with Crippen LogP contribution in [0.3, 0.4) is 0 Å². The lowest BCUT2D eigenvalue weighted by molar-refractivity contribution is -0.135. The predicted molar refractivity (Wildman–Crippen MR) is 80.4 cm³/mol. The second kappa shape index (κ2) is 5.71. The van der Waals surface area contributed by atoms with Crippen LogP contribution < -0.4 is 0 Å². The van der Waals surface area contributed by atoms with Crippen LogP contribution in [0.25, 0.3) is 0 Å². The third-order valence-electron chi connectivity index (χ3n) is 4.72. The van der Waals surface area contributed by atoms with Crippen molar-refractivity contribution in [3.05, 3.63) is 35.6 Å². The zero-order chi connectivity index (χ0) is 15.9. The maximum absolute atomic E-state index is 13.1. The van der Waals surface area contributed by atoms with Crippen molar-refractivity contribution in [2.75, 3.05) is 20.6 Å². The molecular formula is C17H21FN2O2. The van der Waals surface area contributed by atoms with Gasteiger partial charge in [0.2, 0.25) is 11.8 Å². The SMILES string of the molecule is CN(CC1CC1)C(=O)[C@@H]1CC(=O)N(C)[C@H]1c1ccc(F)cc1. The summed E-state index contributed by atoms with van der Waals surface area (Å²) in [6.07, 6.45) is 2.59. The molecule has 0 unspecified atom stereocenters. The molecular weight excluding hydrogens is 283 g/mol. The highest BCUT2D eigenvalue weighted by molar-refractivity contribution is 5.90. The van der Waals surface area contributed by atoms with Gasteiger partial charge < -0.3 is 9.80 Å².